The van der Waals surface area contributed by atoms with E-state index in [9.17, 15) is 4.79 Å². The topological polar surface area (TPSA) is 85.5 Å². The number of amides is 1. The monoisotopic (exact) mass is 464 g/mol. The summed E-state index contributed by atoms with van der Waals surface area (Å²) in [5.41, 5.74) is 3.00. The van der Waals surface area contributed by atoms with Crippen LogP contribution in [0.15, 0.2) is 47.8 Å². The van der Waals surface area contributed by atoms with Crippen LogP contribution in [0.5, 0.6) is 5.88 Å². The maximum Gasteiger partial charge on any atom is 0.258 e. The minimum Gasteiger partial charge on any atom is -0.470 e. The van der Waals surface area contributed by atoms with Crippen molar-refractivity contribution in [3.05, 3.63) is 59.1 Å². The van der Waals surface area contributed by atoms with Gasteiger partial charge in [-0.2, -0.15) is 11.3 Å². The Labute approximate surface area is 197 Å². The van der Waals surface area contributed by atoms with Crippen molar-refractivity contribution in [3.63, 3.8) is 0 Å². The van der Waals surface area contributed by atoms with Gasteiger partial charge in [-0.25, -0.2) is 19.9 Å². The van der Waals surface area contributed by atoms with Gasteiger partial charge in [0.25, 0.3) is 11.8 Å². The molecule has 4 aromatic heterocycles. The number of carbonyl (C=O) groups excluding carboxylic acids is 1. The maximum absolute atomic E-state index is 13.5. The van der Waals surface area contributed by atoms with Gasteiger partial charge in [-0.1, -0.05) is 13.8 Å². The van der Waals surface area contributed by atoms with Gasteiger partial charge in [0.15, 0.2) is 5.82 Å². The van der Waals surface area contributed by atoms with Crippen LogP contribution in [0.3, 0.4) is 0 Å². The van der Waals surface area contributed by atoms with Crippen LogP contribution in [0.2, 0.25) is 0 Å². The van der Waals surface area contributed by atoms with Gasteiger partial charge in [0, 0.05) is 53.3 Å². The first kappa shape index (κ1) is 22.8. The molecule has 5 rings (SSSR count). The van der Waals surface area contributed by atoms with Crippen LogP contribution in [0.1, 0.15) is 49.7 Å². The zero-order valence-electron chi connectivity index (χ0n) is 19.3. The van der Waals surface area contributed by atoms with Gasteiger partial charge in [0.1, 0.15) is 6.10 Å². The second kappa shape index (κ2) is 10.1. The number of thiophene rings is 1. The van der Waals surface area contributed by atoms with Crippen LogP contribution in [-0.2, 0) is 0 Å². The molecule has 2 atom stereocenters. The molecule has 33 heavy (non-hydrogen) atoms. The summed E-state index contributed by atoms with van der Waals surface area (Å²) >= 11 is 1.48. The molecule has 9 heteroatoms. The average molecular weight is 465 g/mol. The third-order valence-corrected chi connectivity index (χ3v) is 6.28. The molecule has 0 aliphatic carbocycles. The second-order valence-electron chi connectivity index (χ2n) is 7.74. The Morgan fingerprint density at radius 1 is 1.12 bits per heavy atom. The van der Waals surface area contributed by atoms with E-state index >= 15 is 0 Å². The van der Waals surface area contributed by atoms with Crippen LogP contribution >= 0.6 is 11.3 Å². The van der Waals surface area contributed by atoms with E-state index in [1.807, 2.05) is 53.2 Å². The Hall–Kier alpha value is -3.33. The number of rotatable bonds is 4. The molecular weight excluding hydrogens is 436 g/mol. The third-order valence-electron chi connectivity index (χ3n) is 5.54. The summed E-state index contributed by atoms with van der Waals surface area (Å²) in [6, 6.07) is 1.89. The lowest BCUT2D eigenvalue weighted by atomic mass is 9.99. The Kier molecular flexibility index (Phi) is 6.98. The summed E-state index contributed by atoms with van der Waals surface area (Å²) in [5.74, 6) is 1.04. The lowest BCUT2D eigenvalue weighted by molar-refractivity contribution is 0.0377. The number of nitrogens with zero attached hydrogens (tertiary/aromatic N) is 6. The highest BCUT2D eigenvalue weighted by molar-refractivity contribution is 7.08. The van der Waals surface area contributed by atoms with E-state index in [-0.39, 0.29) is 18.1 Å². The molecule has 0 radical (unpaired) electrons. The van der Waals surface area contributed by atoms with Gasteiger partial charge in [0.05, 0.1) is 17.8 Å². The number of aromatic nitrogens is 5. The SMILES string of the molecule is CC.Cc1cn2ccnc(O[C@@H]3CC[C@@H](C)N(C(=O)c4cscc4-c4ncccn4)C3)c2n1. The lowest BCUT2D eigenvalue weighted by Crippen LogP contribution is -2.49. The van der Waals surface area contributed by atoms with Gasteiger partial charge < -0.3 is 14.0 Å². The first-order valence-electron chi connectivity index (χ1n) is 11.2. The molecule has 4 aromatic rings. The summed E-state index contributed by atoms with van der Waals surface area (Å²) in [6.45, 7) is 8.51. The summed E-state index contributed by atoms with van der Waals surface area (Å²) in [5, 5.41) is 3.80. The largest absolute Gasteiger partial charge is 0.470 e. The molecule has 0 unspecified atom stereocenters. The fraction of sp³-hybridized carbons (Fsp3) is 0.375. The van der Waals surface area contributed by atoms with Crippen LogP contribution in [0, 0.1) is 6.92 Å². The first-order chi connectivity index (χ1) is 16.1. The van der Waals surface area contributed by atoms with Gasteiger partial charge in [0.2, 0.25) is 5.65 Å². The van der Waals surface area contributed by atoms with Crippen LogP contribution in [0.4, 0.5) is 0 Å². The number of likely N-dealkylation sites (tertiary alicyclic amines) is 1. The standard InChI is InChI=1S/C22H22N6O2S.C2H6/c1-14-10-27-9-8-25-21(20(27)26-14)30-16-5-4-15(2)28(11-16)22(29)18-13-31-12-17(18)19-23-6-3-7-24-19;1-2/h3,6-10,12-13,15-16H,4-5,11H2,1-2H3;1-2H3/t15-,16-;/m1./s1. The molecule has 0 aromatic carbocycles. The van der Waals surface area contributed by atoms with Crippen molar-refractivity contribution < 1.29 is 9.53 Å². The van der Waals surface area contributed by atoms with Crippen LogP contribution < -0.4 is 4.74 Å². The molecule has 0 saturated carbocycles. The first-order valence-corrected chi connectivity index (χ1v) is 12.2. The van der Waals surface area contributed by atoms with Crippen molar-refractivity contribution in [2.45, 2.75) is 52.7 Å². The van der Waals surface area contributed by atoms with Gasteiger partial charge >= 0.3 is 0 Å². The molecule has 1 fully saturated rings. The van der Waals surface area contributed by atoms with Crippen molar-refractivity contribution in [3.8, 4) is 17.3 Å². The molecule has 1 amide bonds. The molecule has 172 valence electrons. The minimum atomic E-state index is -0.147. The Morgan fingerprint density at radius 3 is 2.70 bits per heavy atom. The van der Waals surface area contributed by atoms with Crippen molar-refractivity contribution in [1.82, 2.24) is 29.2 Å². The molecule has 8 nitrogen and oxygen atoms in total. The quantitative estimate of drug-likeness (QED) is 0.437. The fourth-order valence-corrected chi connectivity index (χ4v) is 4.74. The summed E-state index contributed by atoms with van der Waals surface area (Å²) in [6.07, 6.45) is 10.4. The molecule has 0 bridgehead atoms. The van der Waals surface area contributed by atoms with Crippen LogP contribution in [0.25, 0.3) is 17.0 Å². The summed E-state index contributed by atoms with van der Waals surface area (Å²) in [4.78, 5) is 32.9. The molecule has 1 saturated heterocycles. The number of carbonyl (C=O) groups is 1. The lowest BCUT2D eigenvalue weighted by Gasteiger charge is -2.37. The number of aryl methyl sites for hydroxylation is 1. The van der Waals surface area contributed by atoms with Gasteiger partial charge in [-0.3, -0.25) is 4.79 Å². The highest BCUT2D eigenvalue weighted by atomic mass is 32.1. The van der Waals surface area contributed by atoms with E-state index in [0.29, 0.717) is 29.5 Å². The highest BCUT2D eigenvalue weighted by Gasteiger charge is 2.33. The van der Waals surface area contributed by atoms with Crippen molar-refractivity contribution in [2.24, 2.45) is 0 Å². The number of hydrogen-bond acceptors (Lipinski definition) is 7. The normalized spacial score (nSPS) is 18.0. The second-order valence-corrected chi connectivity index (χ2v) is 8.48. The predicted octanol–water partition coefficient (Wildman–Crippen LogP) is 4.65. The molecule has 0 N–H and O–H groups in total. The fourth-order valence-electron chi connectivity index (χ4n) is 3.94. The number of fused-ring (bicyclic) bond motifs is 1. The zero-order chi connectivity index (χ0) is 23.4. The number of hydrogen-bond donors (Lipinski definition) is 0. The molecule has 1 aliphatic heterocycles. The van der Waals surface area contributed by atoms with E-state index in [2.05, 4.69) is 26.9 Å². The van der Waals surface area contributed by atoms with Gasteiger partial charge in [-0.05, 0) is 32.8 Å². The summed E-state index contributed by atoms with van der Waals surface area (Å²) < 4.78 is 8.14. The molecule has 1 aliphatic rings. The number of ether oxygens (including phenoxy) is 1. The van der Waals surface area contributed by atoms with E-state index in [1.54, 1.807) is 24.7 Å². The molecule has 0 spiro atoms. The van der Waals surface area contributed by atoms with E-state index < -0.39 is 0 Å². The number of piperidine rings is 1. The molecule has 5 heterocycles. The van der Waals surface area contributed by atoms with E-state index in [4.69, 9.17) is 4.74 Å². The smallest absolute Gasteiger partial charge is 0.258 e. The Balaban J connectivity index is 0.00000126. The van der Waals surface area contributed by atoms with Crippen molar-refractivity contribution >= 4 is 22.9 Å². The van der Waals surface area contributed by atoms with Gasteiger partial charge in [-0.15, -0.1) is 0 Å². The maximum atomic E-state index is 13.5. The number of imidazole rings is 1. The Bertz CT molecular complexity index is 1220. The zero-order valence-corrected chi connectivity index (χ0v) is 20.1. The third kappa shape index (κ3) is 4.73. The van der Waals surface area contributed by atoms with Crippen molar-refractivity contribution in [1.29, 1.82) is 0 Å². The average Bonchev–Trinajstić information content (AvgIpc) is 3.48. The van der Waals surface area contributed by atoms with Crippen molar-refractivity contribution in [2.75, 3.05) is 6.54 Å². The predicted molar refractivity (Wildman–Crippen MR) is 129 cm³/mol. The minimum absolute atomic E-state index is 0.0210. The van der Waals surface area contributed by atoms with E-state index in [0.717, 1.165) is 24.1 Å². The highest BCUT2D eigenvalue weighted by Crippen LogP contribution is 2.29. The van der Waals surface area contributed by atoms with Crippen LogP contribution in [-0.4, -0.2) is 53.8 Å². The Morgan fingerprint density at radius 2 is 1.91 bits per heavy atom. The van der Waals surface area contributed by atoms with E-state index in [1.165, 1.54) is 11.3 Å². The molecular formula is C24H28N6O2S. The summed E-state index contributed by atoms with van der Waals surface area (Å²) in [7, 11) is 0.